The van der Waals surface area contributed by atoms with Crippen molar-refractivity contribution in [3.8, 4) is 5.75 Å². The molecule has 1 aromatic carbocycles. The van der Waals surface area contributed by atoms with Gasteiger partial charge in [0.2, 0.25) is 17.8 Å². The largest absolute Gasteiger partial charge is 0.573 e. The van der Waals surface area contributed by atoms with Crippen molar-refractivity contribution < 1.29 is 27.5 Å². The molecule has 1 saturated heterocycles. The van der Waals surface area contributed by atoms with Crippen molar-refractivity contribution in [3.05, 3.63) is 47.2 Å². The topological polar surface area (TPSA) is 123 Å². The van der Waals surface area contributed by atoms with E-state index in [-0.39, 0.29) is 36.6 Å². The van der Waals surface area contributed by atoms with Crippen LogP contribution in [0.5, 0.6) is 5.75 Å². The molecule has 1 aliphatic carbocycles. The smallest absolute Gasteiger partial charge is 0.406 e. The summed E-state index contributed by atoms with van der Waals surface area (Å²) in [6.07, 6.45) is 0.336. The molecule has 2 fully saturated rings. The Kier molecular flexibility index (Phi) is 5.30. The minimum Gasteiger partial charge on any atom is -0.406 e. The first kappa shape index (κ1) is 21.7. The summed E-state index contributed by atoms with van der Waals surface area (Å²) in [7, 11) is 0. The lowest BCUT2D eigenvalue weighted by molar-refractivity contribution is -0.274. The zero-order chi connectivity index (χ0) is 23.9. The Balaban J connectivity index is 1.40. The maximum atomic E-state index is 12.3. The van der Waals surface area contributed by atoms with Gasteiger partial charge >= 0.3 is 6.36 Å². The molecular formula is C21H18F3N7O3. The van der Waals surface area contributed by atoms with Crippen molar-refractivity contribution in [1.82, 2.24) is 24.9 Å². The van der Waals surface area contributed by atoms with Crippen molar-refractivity contribution >= 4 is 35.4 Å². The summed E-state index contributed by atoms with van der Waals surface area (Å²) in [4.78, 5) is 32.4. The highest BCUT2D eigenvalue weighted by Crippen LogP contribution is 2.27. The summed E-state index contributed by atoms with van der Waals surface area (Å²) in [5.41, 5.74) is 1.96. The molecule has 0 atom stereocenters. The number of nitrogens with zero attached hydrogens (tertiary/aromatic N) is 4. The molecule has 0 radical (unpaired) electrons. The SMILES string of the molecule is O=C1C/C(=C\c2cnn3c(NC4CC4)nc(NCc4ccc(OC(F)(F)F)cc4)nc23)C(=O)N1. The summed E-state index contributed by atoms with van der Waals surface area (Å²) < 4.78 is 42.4. The van der Waals surface area contributed by atoms with Crippen LogP contribution >= 0.6 is 0 Å². The number of hydrogen-bond acceptors (Lipinski definition) is 8. The van der Waals surface area contributed by atoms with Crippen LogP contribution in [0, 0.1) is 0 Å². The minimum absolute atomic E-state index is 0.0202. The summed E-state index contributed by atoms with van der Waals surface area (Å²) >= 11 is 0. The normalized spacial score (nSPS) is 17.3. The van der Waals surface area contributed by atoms with Crippen LogP contribution in [-0.2, 0) is 16.1 Å². The van der Waals surface area contributed by atoms with Gasteiger partial charge in [-0.3, -0.25) is 14.9 Å². The van der Waals surface area contributed by atoms with Crippen molar-refractivity contribution in [3.63, 3.8) is 0 Å². The molecule has 0 spiro atoms. The summed E-state index contributed by atoms with van der Waals surface area (Å²) in [5, 5.41) is 12.9. The Hall–Kier alpha value is -4.16. The van der Waals surface area contributed by atoms with Gasteiger partial charge in [0.15, 0.2) is 5.65 Å². The maximum Gasteiger partial charge on any atom is 0.573 e. The van der Waals surface area contributed by atoms with Crippen LogP contribution in [0.15, 0.2) is 36.0 Å². The summed E-state index contributed by atoms with van der Waals surface area (Å²) in [5.74, 6) is -0.409. The van der Waals surface area contributed by atoms with Crippen molar-refractivity contribution in [2.75, 3.05) is 10.6 Å². The third-order valence-corrected chi connectivity index (χ3v) is 5.14. The average Bonchev–Trinajstić information content (AvgIpc) is 3.40. The van der Waals surface area contributed by atoms with Gasteiger partial charge in [-0.2, -0.15) is 19.6 Å². The number of ether oxygens (including phenoxy) is 1. The lowest BCUT2D eigenvalue weighted by atomic mass is 10.1. The number of alkyl halides is 3. The van der Waals surface area contributed by atoms with E-state index in [0.717, 1.165) is 12.8 Å². The van der Waals surface area contributed by atoms with Gasteiger partial charge in [-0.05, 0) is 36.6 Å². The van der Waals surface area contributed by atoms with Crippen LogP contribution < -0.4 is 20.7 Å². The van der Waals surface area contributed by atoms with E-state index in [1.165, 1.54) is 35.0 Å². The molecule has 1 saturated carbocycles. The molecule has 0 bridgehead atoms. The van der Waals surface area contributed by atoms with E-state index in [1.54, 1.807) is 6.08 Å². The van der Waals surface area contributed by atoms with Gasteiger partial charge in [0, 0.05) is 23.7 Å². The molecule has 3 heterocycles. The number of carbonyl (C=O) groups is 2. The lowest BCUT2D eigenvalue weighted by Gasteiger charge is -2.11. The molecule has 0 unspecified atom stereocenters. The van der Waals surface area contributed by atoms with E-state index in [0.29, 0.717) is 28.3 Å². The second kappa shape index (κ2) is 8.32. The molecule has 2 aliphatic rings. The molecule has 10 nitrogen and oxygen atoms in total. The number of aromatic nitrogens is 4. The van der Waals surface area contributed by atoms with Crippen LogP contribution in [-0.4, -0.2) is 43.8 Å². The Morgan fingerprint density at radius 2 is 1.94 bits per heavy atom. The Bertz CT molecular complexity index is 1300. The molecular weight excluding hydrogens is 455 g/mol. The number of rotatable bonds is 7. The first-order chi connectivity index (χ1) is 16.2. The predicted octanol–water partition coefficient (Wildman–Crippen LogP) is 2.64. The van der Waals surface area contributed by atoms with Crippen LogP contribution in [0.4, 0.5) is 25.1 Å². The third kappa shape index (κ3) is 4.92. The highest BCUT2D eigenvalue weighted by molar-refractivity contribution is 6.15. The number of hydrogen-bond donors (Lipinski definition) is 3. The van der Waals surface area contributed by atoms with Crippen molar-refractivity contribution in [2.24, 2.45) is 0 Å². The van der Waals surface area contributed by atoms with Crippen molar-refractivity contribution in [2.45, 2.75) is 38.2 Å². The number of benzene rings is 1. The fourth-order valence-electron chi connectivity index (χ4n) is 3.38. The second-order valence-corrected chi connectivity index (χ2v) is 7.89. The molecule has 2 aromatic heterocycles. The maximum absolute atomic E-state index is 12.3. The number of fused-ring (bicyclic) bond motifs is 1. The van der Waals surface area contributed by atoms with Crippen LogP contribution in [0.1, 0.15) is 30.4 Å². The second-order valence-electron chi connectivity index (χ2n) is 7.89. The molecule has 34 heavy (non-hydrogen) atoms. The summed E-state index contributed by atoms with van der Waals surface area (Å²) in [6.45, 7) is 0.243. The molecule has 2 amide bonds. The van der Waals surface area contributed by atoms with Gasteiger partial charge < -0.3 is 15.4 Å². The Morgan fingerprint density at radius 3 is 2.59 bits per heavy atom. The molecule has 5 rings (SSSR count). The van der Waals surface area contributed by atoms with E-state index in [4.69, 9.17) is 0 Å². The molecule has 3 N–H and O–H groups in total. The number of imide groups is 1. The van der Waals surface area contributed by atoms with E-state index >= 15 is 0 Å². The van der Waals surface area contributed by atoms with Crippen molar-refractivity contribution in [1.29, 1.82) is 0 Å². The van der Waals surface area contributed by atoms with Gasteiger partial charge in [-0.25, -0.2) is 0 Å². The van der Waals surface area contributed by atoms with Gasteiger partial charge in [-0.1, -0.05) is 12.1 Å². The zero-order valence-corrected chi connectivity index (χ0v) is 17.5. The van der Waals surface area contributed by atoms with Crippen LogP contribution in [0.3, 0.4) is 0 Å². The lowest BCUT2D eigenvalue weighted by Crippen LogP contribution is -2.19. The number of carbonyl (C=O) groups excluding carboxylic acids is 2. The standard InChI is InChI=1S/C21H18F3N7O3/c22-21(23,24)34-15-5-1-11(2-6-15)9-25-19-29-17-13(7-12-8-16(32)28-18(12)33)10-26-31(17)20(30-19)27-14-3-4-14/h1-2,5-7,10,14H,3-4,8-9H2,(H,28,32,33)(H2,25,27,29,30)/b12-7+. The first-order valence-corrected chi connectivity index (χ1v) is 10.4. The van der Waals surface area contributed by atoms with E-state index in [9.17, 15) is 22.8 Å². The van der Waals surface area contributed by atoms with Gasteiger partial charge in [0.05, 0.1) is 12.6 Å². The summed E-state index contributed by atoms with van der Waals surface area (Å²) in [6, 6.07) is 5.73. The monoisotopic (exact) mass is 473 g/mol. The minimum atomic E-state index is -4.75. The first-order valence-electron chi connectivity index (χ1n) is 10.4. The third-order valence-electron chi connectivity index (χ3n) is 5.14. The highest BCUT2D eigenvalue weighted by atomic mass is 19.4. The number of nitrogens with one attached hydrogen (secondary N) is 3. The average molecular weight is 473 g/mol. The van der Waals surface area contributed by atoms with Crippen LogP contribution in [0.25, 0.3) is 11.7 Å². The van der Waals surface area contributed by atoms with Gasteiger partial charge in [-0.15, -0.1) is 13.2 Å². The fraction of sp³-hybridized carbons (Fsp3) is 0.286. The van der Waals surface area contributed by atoms with Gasteiger partial charge in [0.1, 0.15) is 5.75 Å². The predicted molar refractivity (Wildman–Crippen MR) is 114 cm³/mol. The Labute approximate surface area is 190 Å². The Morgan fingerprint density at radius 1 is 1.18 bits per heavy atom. The molecule has 13 heteroatoms. The zero-order valence-electron chi connectivity index (χ0n) is 17.5. The highest BCUT2D eigenvalue weighted by Gasteiger charge is 2.31. The quantitative estimate of drug-likeness (QED) is 0.354. The fourth-order valence-corrected chi connectivity index (χ4v) is 3.38. The molecule has 3 aromatic rings. The van der Waals surface area contributed by atoms with Crippen LogP contribution in [0.2, 0.25) is 0 Å². The number of anilines is 2. The van der Waals surface area contributed by atoms with Gasteiger partial charge in [0.25, 0.3) is 5.91 Å². The van der Waals surface area contributed by atoms with E-state index in [2.05, 4.69) is 35.8 Å². The van der Waals surface area contributed by atoms with E-state index < -0.39 is 12.3 Å². The number of amides is 2. The number of halogens is 3. The van der Waals surface area contributed by atoms with E-state index in [1.807, 2.05) is 0 Å². The molecule has 176 valence electrons. The molecule has 1 aliphatic heterocycles.